The average Bonchev–Trinajstić information content (AvgIpc) is 2.17. The molecule has 0 aromatic rings. The van der Waals surface area contributed by atoms with Gasteiger partial charge in [-0.1, -0.05) is 13.3 Å². The number of rotatable bonds is 8. The molecule has 5 heteroatoms. The minimum atomic E-state index is -3.08. The van der Waals surface area contributed by atoms with E-state index in [-0.39, 0.29) is 12.4 Å². The van der Waals surface area contributed by atoms with Crippen molar-refractivity contribution in [3.63, 3.8) is 0 Å². The van der Waals surface area contributed by atoms with Crippen molar-refractivity contribution in [1.29, 1.82) is 0 Å². The van der Waals surface area contributed by atoms with Gasteiger partial charge in [0.05, 0.1) is 5.75 Å². The Morgan fingerprint density at radius 1 is 1.14 bits per heavy atom. The summed E-state index contributed by atoms with van der Waals surface area (Å²) in [6, 6.07) is 0. The minimum Gasteiger partial charge on any atom is -0.396 e. The van der Waals surface area contributed by atoms with Crippen molar-refractivity contribution in [3.05, 3.63) is 0 Å². The molecular weight excluding hydrogens is 202 g/mol. The standard InChI is InChI=1S/C9H21NO3S/c1-3-5-7-10(8-6-9-11)14(12,13)4-2/h11H,3-9H2,1-2H3. The minimum absolute atomic E-state index is 0.0435. The van der Waals surface area contributed by atoms with Gasteiger partial charge < -0.3 is 5.11 Å². The summed E-state index contributed by atoms with van der Waals surface area (Å²) in [5, 5.41) is 8.66. The number of unbranched alkanes of at least 4 members (excludes halogenated alkanes) is 1. The largest absolute Gasteiger partial charge is 0.396 e. The van der Waals surface area contributed by atoms with Crippen LogP contribution in [0.4, 0.5) is 0 Å². The van der Waals surface area contributed by atoms with Gasteiger partial charge in [0.2, 0.25) is 10.0 Å². The summed E-state index contributed by atoms with van der Waals surface area (Å²) in [4.78, 5) is 0. The van der Waals surface area contributed by atoms with Crippen molar-refractivity contribution < 1.29 is 13.5 Å². The fourth-order valence-electron chi connectivity index (χ4n) is 1.15. The molecule has 0 aliphatic rings. The van der Waals surface area contributed by atoms with Crippen molar-refractivity contribution in [2.45, 2.75) is 33.1 Å². The van der Waals surface area contributed by atoms with Crippen LogP contribution in [-0.2, 0) is 10.0 Å². The van der Waals surface area contributed by atoms with Gasteiger partial charge in [0.1, 0.15) is 0 Å². The van der Waals surface area contributed by atoms with E-state index in [1.807, 2.05) is 6.92 Å². The molecule has 0 aromatic heterocycles. The van der Waals surface area contributed by atoms with Crippen molar-refractivity contribution >= 4 is 10.0 Å². The zero-order valence-electron chi connectivity index (χ0n) is 9.07. The maximum Gasteiger partial charge on any atom is 0.213 e. The Morgan fingerprint density at radius 2 is 1.71 bits per heavy atom. The third-order valence-electron chi connectivity index (χ3n) is 2.08. The molecule has 0 atom stereocenters. The molecule has 4 nitrogen and oxygen atoms in total. The van der Waals surface area contributed by atoms with E-state index in [0.717, 1.165) is 12.8 Å². The highest BCUT2D eigenvalue weighted by Gasteiger charge is 2.18. The SMILES string of the molecule is CCCCN(CCCO)S(=O)(=O)CC. The molecule has 0 radical (unpaired) electrons. The number of nitrogens with zero attached hydrogens (tertiary/aromatic N) is 1. The van der Waals surface area contributed by atoms with Gasteiger partial charge in [-0.25, -0.2) is 12.7 Å². The molecule has 0 aromatic carbocycles. The highest BCUT2D eigenvalue weighted by molar-refractivity contribution is 7.89. The molecule has 0 aliphatic carbocycles. The highest BCUT2D eigenvalue weighted by atomic mass is 32.2. The van der Waals surface area contributed by atoms with Crippen LogP contribution in [-0.4, -0.2) is 43.3 Å². The molecule has 0 spiro atoms. The molecule has 0 heterocycles. The van der Waals surface area contributed by atoms with E-state index in [1.54, 1.807) is 6.92 Å². The van der Waals surface area contributed by atoms with Crippen molar-refractivity contribution in [2.75, 3.05) is 25.4 Å². The molecule has 0 bridgehead atoms. The first-order valence-corrected chi connectivity index (χ1v) is 6.78. The molecule has 0 amide bonds. The van der Waals surface area contributed by atoms with Gasteiger partial charge in [-0.2, -0.15) is 0 Å². The molecule has 0 saturated carbocycles. The molecule has 86 valence electrons. The summed E-state index contributed by atoms with van der Waals surface area (Å²) in [6.45, 7) is 4.73. The van der Waals surface area contributed by atoms with Gasteiger partial charge in [-0.05, 0) is 19.8 Å². The van der Waals surface area contributed by atoms with E-state index in [0.29, 0.717) is 19.5 Å². The first-order valence-electron chi connectivity index (χ1n) is 5.17. The van der Waals surface area contributed by atoms with Crippen molar-refractivity contribution in [2.24, 2.45) is 0 Å². The Bertz CT molecular complexity index is 218. The van der Waals surface area contributed by atoms with Gasteiger partial charge in [-0.15, -0.1) is 0 Å². The van der Waals surface area contributed by atoms with E-state index in [9.17, 15) is 8.42 Å². The predicted molar refractivity (Wildman–Crippen MR) is 57.6 cm³/mol. The van der Waals surface area contributed by atoms with Crippen LogP contribution in [0, 0.1) is 0 Å². The maximum atomic E-state index is 11.6. The molecule has 0 saturated heterocycles. The van der Waals surface area contributed by atoms with Gasteiger partial charge in [-0.3, -0.25) is 0 Å². The monoisotopic (exact) mass is 223 g/mol. The first-order chi connectivity index (χ1) is 6.58. The predicted octanol–water partition coefficient (Wildman–Crippen LogP) is 0.821. The fraction of sp³-hybridized carbons (Fsp3) is 1.00. The summed E-state index contributed by atoms with van der Waals surface area (Å²) in [6.07, 6.45) is 2.38. The van der Waals surface area contributed by atoms with E-state index in [4.69, 9.17) is 5.11 Å². The van der Waals surface area contributed by atoms with Gasteiger partial charge in [0.25, 0.3) is 0 Å². The third kappa shape index (κ3) is 4.93. The highest BCUT2D eigenvalue weighted by Crippen LogP contribution is 2.05. The summed E-state index contributed by atoms with van der Waals surface area (Å²) < 4.78 is 24.6. The van der Waals surface area contributed by atoms with E-state index in [1.165, 1.54) is 4.31 Å². The first kappa shape index (κ1) is 13.9. The normalized spacial score (nSPS) is 12.3. The lowest BCUT2D eigenvalue weighted by Gasteiger charge is -2.20. The van der Waals surface area contributed by atoms with Crippen LogP contribution in [0.3, 0.4) is 0 Å². The van der Waals surface area contributed by atoms with Crippen LogP contribution in [0.5, 0.6) is 0 Å². The molecule has 14 heavy (non-hydrogen) atoms. The zero-order valence-corrected chi connectivity index (χ0v) is 9.89. The average molecular weight is 223 g/mol. The number of sulfonamides is 1. The second-order valence-electron chi connectivity index (χ2n) is 3.23. The number of aliphatic hydroxyl groups is 1. The Labute approximate surface area is 87.0 Å². The Hall–Kier alpha value is -0.130. The smallest absolute Gasteiger partial charge is 0.213 e. The van der Waals surface area contributed by atoms with Crippen LogP contribution >= 0.6 is 0 Å². The van der Waals surface area contributed by atoms with E-state index >= 15 is 0 Å². The van der Waals surface area contributed by atoms with Crippen LogP contribution in [0.1, 0.15) is 33.1 Å². The lowest BCUT2D eigenvalue weighted by atomic mass is 10.3. The summed E-state index contributed by atoms with van der Waals surface area (Å²) >= 11 is 0. The van der Waals surface area contributed by atoms with Crippen LogP contribution in [0.15, 0.2) is 0 Å². The molecule has 0 rings (SSSR count). The fourth-order valence-corrected chi connectivity index (χ4v) is 2.33. The number of hydrogen-bond acceptors (Lipinski definition) is 3. The Balaban J connectivity index is 4.23. The van der Waals surface area contributed by atoms with Crippen molar-refractivity contribution in [3.8, 4) is 0 Å². The number of hydrogen-bond donors (Lipinski definition) is 1. The maximum absolute atomic E-state index is 11.6. The molecule has 0 unspecified atom stereocenters. The van der Waals surface area contributed by atoms with Crippen LogP contribution in [0.25, 0.3) is 0 Å². The number of aliphatic hydroxyl groups excluding tert-OH is 1. The zero-order chi connectivity index (χ0) is 11.0. The Kier molecular flexibility index (Phi) is 7.13. The summed E-state index contributed by atoms with van der Waals surface area (Å²) in [7, 11) is -3.08. The lowest BCUT2D eigenvalue weighted by molar-refractivity contribution is 0.268. The summed E-state index contributed by atoms with van der Waals surface area (Å²) in [5.74, 6) is 0.141. The van der Waals surface area contributed by atoms with Crippen molar-refractivity contribution in [1.82, 2.24) is 4.31 Å². The van der Waals surface area contributed by atoms with Crippen LogP contribution < -0.4 is 0 Å². The molecular formula is C9H21NO3S. The second-order valence-corrected chi connectivity index (χ2v) is 5.49. The molecule has 0 fully saturated rings. The van der Waals surface area contributed by atoms with E-state index in [2.05, 4.69) is 0 Å². The Morgan fingerprint density at radius 3 is 2.14 bits per heavy atom. The molecule has 0 aliphatic heterocycles. The molecule has 1 N–H and O–H groups in total. The van der Waals surface area contributed by atoms with Crippen LogP contribution in [0.2, 0.25) is 0 Å². The third-order valence-corrected chi connectivity index (χ3v) is 3.97. The quantitative estimate of drug-likeness (QED) is 0.663. The van der Waals surface area contributed by atoms with Gasteiger partial charge in [0, 0.05) is 19.7 Å². The van der Waals surface area contributed by atoms with Gasteiger partial charge >= 0.3 is 0 Å². The topological polar surface area (TPSA) is 57.6 Å². The lowest BCUT2D eigenvalue weighted by Crippen LogP contribution is -2.34. The van der Waals surface area contributed by atoms with Gasteiger partial charge in [0.15, 0.2) is 0 Å². The second kappa shape index (κ2) is 7.20. The van der Waals surface area contributed by atoms with E-state index < -0.39 is 10.0 Å². The summed E-state index contributed by atoms with van der Waals surface area (Å²) in [5.41, 5.74) is 0.